The number of ether oxygens (including phenoxy) is 1. The lowest BCUT2D eigenvalue weighted by molar-refractivity contribution is 0.341. The third-order valence-corrected chi connectivity index (χ3v) is 4.82. The Bertz CT molecular complexity index is 1080. The minimum Gasteiger partial charge on any atom is -0.492 e. The molecule has 154 valence electrons. The molecular weight excluding hydrogens is 377 g/mol. The average molecular weight is 404 g/mol. The van der Waals surface area contributed by atoms with Gasteiger partial charge in [-0.15, -0.1) is 0 Å². The van der Waals surface area contributed by atoms with Crippen molar-refractivity contribution in [1.29, 1.82) is 0 Å². The van der Waals surface area contributed by atoms with Crippen molar-refractivity contribution in [2.24, 2.45) is 10.9 Å². The lowest BCUT2D eigenvalue weighted by Gasteiger charge is -2.19. The number of benzene rings is 2. The number of aromatic nitrogens is 2. The summed E-state index contributed by atoms with van der Waals surface area (Å²) in [6, 6.07) is 10.5. The van der Waals surface area contributed by atoms with Crippen LogP contribution in [-0.2, 0) is 0 Å². The highest BCUT2D eigenvalue weighted by Gasteiger charge is 2.18. The number of aliphatic imine (C=N–C) groups is 1. The van der Waals surface area contributed by atoms with Gasteiger partial charge in [0, 0.05) is 23.5 Å². The van der Waals surface area contributed by atoms with Crippen molar-refractivity contribution in [2.75, 3.05) is 6.61 Å². The van der Waals surface area contributed by atoms with Gasteiger partial charge in [0.15, 0.2) is 0 Å². The van der Waals surface area contributed by atoms with Gasteiger partial charge in [0.1, 0.15) is 22.9 Å². The van der Waals surface area contributed by atoms with E-state index in [2.05, 4.69) is 30.4 Å². The molecule has 2 aromatic carbocycles. The molecule has 0 aliphatic heterocycles. The molecule has 0 bridgehead atoms. The first kappa shape index (κ1) is 21.4. The highest BCUT2D eigenvalue weighted by molar-refractivity contribution is 6.00. The van der Waals surface area contributed by atoms with Crippen LogP contribution in [0.25, 0.3) is 16.7 Å². The zero-order valence-corrected chi connectivity index (χ0v) is 17.8. The van der Waals surface area contributed by atoms with Crippen molar-refractivity contribution in [1.82, 2.24) is 9.97 Å². The third kappa shape index (κ3) is 4.62. The Morgan fingerprint density at radius 1 is 1.20 bits per heavy atom. The number of rotatable bonds is 7. The zero-order valence-electron chi connectivity index (χ0n) is 17.8. The summed E-state index contributed by atoms with van der Waals surface area (Å²) in [5.41, 5.74) is 5.03. The van der Waals surface area contributed by atoms with Gasteiger partial charge in [0.25, 0.3) is 0 Å². The standard InChI is InChI=1S/C25H26FN3O/c1-6-30-24-14-19(20-9-7-8-10-22(20)26)13-21(17(4)16(2)3)25(24)29-18(5)23-15-27-11-12-28-23/h7-16H,4,6H2,1-3,5H3. The largest absolute Gasteiger partial charge is 0.492 e. The predicted molar refractivity (Wildman–Crippen MR) is 121 cm³/mol. The lowest BCUT2D eigenvalue weighted by atomic mass is 9.91. The molecule has 0 atom stereocenters. The molecule has 4 nitrogen and oxygen atoms in total. The Kier molecular flexibility index (Phi) is 6.72. The maximum atomic E-state index is 14.5. The highest BCUT2D eigenvalue weighted by atomic mass is 19.1. The molecule has 0 fully saturated rings. The molecule has 5 heteroatoms. The van der Waals surface area contributed by atoms with E-state index in [1.807, 2.05) is 32.0 Å². The summed E-state index contributed by atoms with van der Waals surface area (Å²) in [6.45, 7) is 12.7. The Morgan fingerprint density at radius 2 is 1.97 bits per heavy atom. The summed E-state index contributed by atoms with van der Waals surface area (Å²) in [5, 5.41) is 0. The fraction of sp³-hybridized carbons (Fsp3) is 0.240. The van der Waals surface area contributed by atoms with Crippen LogP contribution in [0.4, 0.5) is 10.1 Å². The SMILES string of the molecule is C=C(c1cc(-c2ccccc2F)cc(OCC)c1N=C(C)c1cnccn1)C(C)C. The highest BCUT2D eigenvalue weighted by Crippen LogP contribution is 2.42. The summed E-state index contributed by atoms with van der Waals surface area (Å²) in [5.74, 6) is 0.479. The van der Waals surface area contributed by atoms with Gasteiger partial charge in [0.05, 0.1) is 18.5 Å². The van der Waals surface area contributed by atoms with Gasteiger partial charge in [-0.2, -0.15) is 0 Å². The van der Waals surface area contributed by atoms with Crippen LogP contribution in [0.5, 0.6) is 5.75 Å². The molecule has 0 N–H and O–H groups in total. The number of hydrogen-bond donors (Lipinski definition) is 0. The van der Waals surface area contributed by atoms with Crippen LogP contribution in [0.1, 0.15) is 39.0 Å². The summed E-state index contributed by atoms with van der Waals surface area (Å²) in [4.78, 5) is 13.3. The fourth-order valence-electron chi connectivity index (χ4n) is 3.11. The monoisotopic (exact) mass is 403 g/mol. The predicted octanol–water partition coefficient (Wildman–Crippen LogP) is 6.49. The topological polar surface area (TPSA) is 47.4 Å². The van der Waals surface area contributed by atoms with E-state index in [-0.39, 0.29) is 11.7 Å². The van der Waals surface area contributed by atoms with Gasteiger partial charge in [-0.25, -0.2) is 9.38 Å². The Morgan fingerprint density at radius 3 is 2.60 bits per heavy atom. The molecule has 0 aliphatic carbocycles. The lowest BCUT2D eigenvalue weighted by Crippen LogP contribution is -2.02. The average Bonchev–Trinajstić information content (AvgIpc) is 2.75. The first-order valence-corrected chi connectivity index (χ1v) is 9.99. The summed E-state index contributed by atoms with van der Waals surface area (Å²) < 4.78 is 20.4. The van der Waals surface area contributed by atoms with Crippen molar-refractivity contribution < 1.29 is 9.13 Å². The van der Waals surface area contributed by atoms with E-state index >= 15 is 0 Å². The van der Waals surface area contributed by atoms with E-state index in [0.717, 1.165) is 16.7 Å². The van der Waals surface area contributed by atoms with Crippen molar-refractivity contribution in [3.8, 4) is 16.9 Å². The number of hydrogen-bond acceptors (Lipinski definition) is 4. The van der Waals surface area contributed by atoms with Crippen molar-refractivity contribution in [3.63, 3.8) is 0 Å². The minimum atomic E-state index is -0.284. The molecule has 1 aromatic heterocycles. The molecule has 0 aliphatic rings. The van der Waals surface area contributed by atoms with Gasteiger partial charge in [-0.3, -0.25) is 9.97 Å². The molecule has 30 heavy (non-hydrogen) atoms. The number of halogens is 1. The molecule has 0 radical (unpaired) electrons. The zero-order chi connectivity index (χ0) is 21.7. The van der Waals surface area contributed by atoms with Crippen LogP contribution < -0.4 is 4.74 Å². The van der Waals surface area contributed by atoms with E-state index in [4.69, 9.17) is 9.73 Å². The van der Waals surface area contributed by atoms with Crippen LogP contribution in [0.3, 0.4) is 0 Å². The van der Waals surface area contributed by atoms with Gasteiger partial charge in [-0.05, 0) is 49.1 Å². The first-order valence-electron chi connectivity index (χ1n) is 9.99. The second-order valence-electron chi connectivity index (χ2n) is 7.25. The molecular formula is C25H26FN3O. The van der Waals surface area contributed by atoms with Crippen molar-refractivity contribution >= 4 is 17.0 Å². The quantitative estimate of drug-likeness (QED) is 0.424. The molecule has 3 aromatic rings. The van der Waals surface area contributed by atoms with Crippen LogP contribution in [0.2, 0.25) is 0 Å². The maximum Gasteiger partial charge on any atom is 0.146 e. The smallest absolute Gasteiger partial charge is 0.146 e. The molecule has 0 amide bonds. The molecule has 0 saturated heterocycles. The number of nitrogens with zero attached hydrogens (tertiary/aromatic N) is 3. The molecule has 3 rings (SSSR count). The fourth-order valence-corrected chi connectivity index (χ4v) is 3.11. The number of allylic oxidation sites excluding steroid dienone is 1. The van der Waals surface area contributed by atoms with Crippen LogP contribution in [0.15, 0.2) is 66.6 Å². The first-order chi connectivity index (χ1) is 14.4. The Balaban J connectivity index is 2.26. The molecule has 0 unspecified atom stereocenters. The second kappa shape index (κ2) is 9.44. The van der Waals surface area contributed by atoms with Gasteiger partial charge in [-0.1, -0.05) is 38.6 Å². The Labute approximate surface area is 177 Å². The summed E-state index contributed by atoms with van der Waals surface area (Å²) in [7, 11) is 0. The summed E-state index contributed by atoms with van der Waals surface area (Å²) >= 11 is 0. The van der Waals surface area contributed by atoms with Crippen LogP contribution >= 0.6 is 0 Å². The summed E-state index contributed by atoms with van der Waals surface area (Å²) in [6.07, 6.45) is 4.93. The van der Waals surface area contributed by atoms with Crippen LogP contribution in [-0.4, -0.2) is 22.3 Å². The van der Waals surface area contributed by atoms with Crippen molar-refractivity contribution in [2.45, 2.75) is 27.7 Å². The van der Waals surface area contributed by atoms with Gasteiger partial charge < -0.3 is 4.74 Å². The normalized spacial score (nSPS) is 11.6. The van der Waals surface area contributed by atoms with E-state index in [9.17, 15) is 4.39 Å². The van der Waals surface area contributed by atoms with E-state index in [1.54, 1.807) is 30.7 Å². The molecule has 1 heterocycles. The van der Waals surface area contributed by atoms with Gasteiger partial charge in [0.2, 0.25) is 0 Å². The maximum absolute atomic E-state index is 14.5. The Hall–Kier alpha value is -3.34. The second-order valence-corrected chi connectivity index (χ2v) is 7.25. The van der Waals surface area contributed by atoms with Crippen LogP contribution in [0, 0.1) is 11.7 Å². The van der Waals surface area contributed by atoms with Gasteiger partial charge >= 0.3 is 0 Å². The van der Waals surface area contributed by atoms with E-state index in [1.165, 1.54) is 6.07 Å². The molecule has 0 saturated carbocycles. The van der Waals surface area contributed by atoms with E-state index < -0.39 is 0 Å². The minimum absolute atomic E-state index is 0.182. The van der Waals surface area contributed by atoms with E-state index in [0.29, 0.717) is 35.0 Å². The third-order valence-electron chi connectivity index (χ3n) is 4.82. The van der Waals surface area contributed by atoms with Crippen molar-refractivity contribution in [3.05, 3.63) is 78.6 Å². The molecule has 0 spiro atoms.